The van der Waals surface area contributed by atoms with Gasteiger partial charge in [-0.05, 0) is 32.6 Å². The van der Waals surface area contributed by atoms with Gasteiger partial charge in [-0.3, -0.25) is 19.6 Å². The number of rotatable bonds is 5. The lowest BCUT2D eigenvalue weighted by Crippen LogP contribution is -2.62. The van der Waals surface area contributed by atoms with Gasteiger partial charge in [-0.15, -0.1) is 0 Å². The Morgan fingerprint density at radius 1 is 1.32 bits per heavy atom. The Morgan fingerprint density at radius 2 is 2.03 bits per heavy atom. The second kappa shape index (κ2) is 8.78. The number of alkyl halides is 3. The molecule has 8 unspecified atom stereocenters. The number of amides is 1. The lowest BCUT2D eigenvalue weighted by molar-refractivity contribution is -0.148. The minimum atomic E-state index is -4.37. The number of carbonyl (C=O) groups is 2. The van der Waals surface area contributed by atoms with E-state index >= 15 is 0 Å². The maximum absolute atomic E-state index is 13.5. The van der Waals surface area contributed by atoms with Gasteiger partial charge in [0.15, 0.2) is 6.23 Å². The fourth-order valence-electron chi connectivity index (χ4n) is 6.22. The van der Waals surface area contributed by atoms with Crippen molar-refractivity contribution in [1.82, 2.24) is 15.2 Å². The van der Waals surface area contributed by atoms with Gasteiger partial charge in [-0.1, -0.05) is 6.92 Å². The van der Waals surface area contributed by atoms with E-state index in [1.807, 2.05) is 20.8 Å². The van der Waals surface area contributed by atoms with Crippen LogP contribution in [-0.2, 0) is 14.3 Å². The number of hydrogen-bond acceptors (Lipinski definition) is 7. The molecule has 2 saturated heterocycles. The Hall–Kier alpha value is -2.21. The van der Waals surface area contributed by atoms with Gasteiger partial charge >= 0.3 is 12.1 Å². The molecule has 4 aliphatic rings. The summed E-state index contributed by atoms with van der Waals surface area (Å²) in [5, 5.41) is 18.1. The molecular formula is C22H32F3N5O4. The SMILES string of the molecule is COC1N=CC(C2CC(C)C3C(=O)N(C4C=NN(CC(F)(F)F)C4)C(C)(C)C3N2)CC1C(=O)O. The first-order valence-corrected chi connectivity index (χ1v) is 11.6. The number of carboxylic acid groups (broad SMARTS) is 1. The highest BCUT2D eigenvalue weighted by molar-refractivity contribution is 5.88. The standard InChI is InChI=1S/C22H32F3N5O4/c1-11-5-15(12-6-14(20(32)33)18(34-4)26-7-12)28-17-16(11)19(31)30(21(17,2)3)13-8-27-29(9-13)10-22(23,24)25/h7-8,11-18,28H,5-6,9-10H2,1-4H3,(H,32,33). The van der Waals surface area contributed by atoms with Crippen molar-refractivity contribution in [2.75, 3.05) is 20.2 Å². The molecule has 4 aliphatic heterocycles. The number of piperidine rings is 1. The molecule has 2 fully saturated rings. The molecule has 0 aromatic carbocycles. The Kier molecular flexibility index (Phi) is 6.43. The molecule has 0 saturated carbocycles. The van der Waals surface area contributed by atoms with Crippen LogP contribution >= 0.6 is 0 Å². The third-order valence-electron chi connectivity index (χ3n) is 7.76. The van der Waals surface area contributed by atoms with Crippen LogP contribution in [0.3, 0.4) is 0 Å². The number of aliphatic imine (C=N–C) groups is 1. The molecular weight excluding hydrogens is 455 g/mol. The second-order valence-corrected chi connectivity index (χ2v) is 10.4. The van der Waals surface area contributed by atoms with Crippen molar-refractivity contribution in [3.05, 3.63) is 0 Å². The third-order valence-corrected chi connectivity index (χ3v) is 7.76. The van der Waals surface area contributed by atoms with E-state index in [0.29, 0.717) is 12.8 Å². The van der Waals surface area contributed by atoms with E-state index < -0.39 is 42.4 Å². The zero-order valence-electron chi connectivity index (χ0n) is 19.7. The van der Waals surface area contributed by atoms with Crippen molar-refractivity contribution in [3.63, 3.8) is 0 Å². The first-order valence-electron chi connectivity index (χ1n) is 11.6. The lowest BCUT2D eigenvalue weighted by atomic mass is 9.72. The van der Waals surface area contributed by atoms with Crippen LogP contribution in [0.1, 0.15) is 33.6 Å². The first-order chi connectivity index (χ1) is 15.8. The van der Waals surface area contributed by atoms with Crippen molar-refractivity contribution in [2.24, 2.45) is 33.8 Å². The quantitative estimate of drug-likeness (QED) is 0.610. The molecule has 1 amide bonds. The summed E-state index contributed by atoms with van der Waals surface area (Å²) in [6, 6.07) is -0.862. The minimum Gasteiger partial charge on any atom is -0.481 e. The van der Waals surface area contributed by atoms with Crippen molar-refractivity contribution >= 4 is 24.3 Å². The average molecular weight is 488 g/mol. The number of hydrazone groups is 1. The highest BCUT2D eigenvalue weighted by atomic mass is 19.4. The molecule has 0 aromatic rings. The Bertz CT molecular complexity index is 879. The van der Waals surface area contributed by atoms with E-state index in [9.17, 15) is 27.9 Å². The van der Waals surface area contributed by atoms with Crippen LogP contribution in [0.5, 0.6) is 0 Å². The fraction of sp³-hybridized carbons (Fsp3) is 0.818. The molecule has 0 aliphatic carbocycles. The van der Waals surface area contributed by atoms with Crippen LogP contribution in [0.4, 0.5) is 13.2 Å². The molecule has 4 rings (SSSR count). The number of nitrogens with zero attached hydrogens (tertiary/aromatic N) is 4. The summed E-state index contributed by atoms with van der Waals surface area (Å²) >= 11 is 0. The van der Waals surface area contributed by atoms with E-state index in [-0.39, 0.29) is 42.3 Å². The van der Waals surface area contributed by atoms with E-state index in [4.69, 9.17) is 4.74 Å². The van der Waals surface area contributed by atoms with Crippen molar-refractivity contribution in [3.8, 4) is 0 Å². The number of ether oxygens (including phenoxy) is 1. The van der Waals surface area contributed by atoms with Crippen LogP contribution in [0.15, 0.2) is 10.1 Å². The number of carboxylic acids is 1. The van der Waals surface area contributed by atoms with Gasteiger partial charge in [0.1, 0.15) is 12.5 Å². The van der Waals surface area contributed by atoms with Gasteiger partial charge < -0.3 is 20.1 Å². The van der Waals surface area contributed by atoms with Crippen LogP contribution < -0.4 is 5.32 Å². The number of carbonyl (C=O) groups excluding carboxylic acids is 1. The largest absolute Gasteiger partial charge is 0.481 e. The van der Waals surface area contributed by atoms with E-state index in [2.05, 4.69) is 15.4 Å². The molecule has 0 bridgehead atoms. The highest BCUT2D eigenvalue weighted by Gasteiger charge is 2.60. The van der Waals surface area contributed by atoms with Crippen LogP contribution in [-0.4, -0.2) is 95.6 Å². The van der Waals surface area contributed by atoms with Gasteiger partial charge in [0.05, 0.1) is 24.0 Å². The summed E-state index contributed by atoms with van der Waals surface area (Å²) in [5.41, 5.74) is -0.674. The summed E-state index contributed by atoms with van der Waals surface area (Å²) in [5.74, 6) is -2.24. The van der Waals surface area contributed by atoms with Crippen molar-refractivity contribution in [2.45, 2.75) is 69.7 Å². The zero-order chi connectivity index (χ0) is 25.0. The number of hydrogen-bond donors (Lipinski definition) is 2. The smallest absolute Gasteiger partial charge is 0.407 e. The predicted molar refractivity (Wildman–Crippen MR) is 117 cm³/mol. The highest BCUT2D eigenvalue weighted by Crippen LogP contribution is 2.45. The molecule has 8 atom stereocenters. The average Bonchev–Trinajstić information content (AvgIpc) is 3.25. The van der Waals surface area contributed by atoms with Gasteiger partial charge in [-0.25, -0.2) is 0 Å². The normalized spacial score (nSPS) is 39.6. The summed E-state index contributed by atoms with van der Waals surface area (Å²) < 4.78 is 43.7. The molecule has 0 aromatic heterocycles. The number of fused-ring (bicyclic) bond motifs is 1. The second-order valence-electron chi connectivity index (χ2n) is 10.4. The van der Waals surface area contributed by atoms with Gasteiger partial charge in [0, 0.05) is 37.5 Å². The molecule has 4 heterocycles. The Balaban J connectivity index is 1.51. The minimum absolute atomic E-state index is 0.0000892. The Labute approximate surface area is 196 Å². The summed E-state index contributed by atoms with van der Waals surface area (Å²) in [6.45, 7) is 4.70. The lowest BCUT2D eigenvalue weighted by Gasteiger charge is -2.45. The molecule has 0 spiro atoms. The van der Waals surface area contributed by atoms with Crippen molar-refractivity contribution < 1.29 is 32.6 Å². The monoisotopic (exact) mass is 487 g/mol. The Morgan fingerprint density at radius 3 is 2.65 bits per heavy atom. The first kappa shape index (κ1) is 24.9. The van der Waals surface area contributed by atoms with E-state index in [1.165, 1.54) is 13.3 Å². The number of aliphatic carboxylic acids is 1. The predicted octanol–water partition coefficient (Wildman–Crippen LogP) is 1.59. The molecule has 2 N–H and O–H groups in total. The number of likely N-dealkylation sites (tertiary alicyclic amines) is 1. The van der Waals surface area contributed by atoms with Crippen LogP contribution in [0.25, 0.3) is 0 Å². The van der Waals surface area contributed by atoms with Crippen molar-refractivity contribution in [1.29, 1.82) is 0 Å². The molecule has 9 nitrogen and oxygen atoms in total. The summed E-state index contributed by atoms with van der Waals surface area (Å²) in [4.78, 5) is 31.3. The maximum atomic E-state index is 13.5. The molecule has 0 radical (unpaired) electrons. The van der Waals surface area contributed by atoms with Gasteiger partial charge in [0.25, 0.3) is 0 Å². The maximum Gasteiger partial charge on any atom is 0.407 e. The topological polar surface area (TPSA) is 107 Å². The van der Waals surface area contributed by atoms with E-state index in [1.54, 1.807) is 11.1 Å². The van der Waals surface area contributed by atoms with Crippen LogP contribution in [0.2, 0.25) is 0 Å². The summed E-state index contributed by atoms with van der Waals surface area (Å²) in [6.07, 6.45) is -0.858. The molecule has 12 heteroatoms. The summed E-state index contributed by atoms with van der Waals surface area (Å²) in [7, 11) is 1.44. The van der Waals surface area contributed by atoms with Crippen LogP contribution in [0, 0.1) is 23.7 Å². The fourth-order valence-corrected chi connectivity index (χ4v) is 6.22. The zero-order valence-corrected chi connectivity index (χ0v) is 19.7. The van der Waals surface area contributed by atoms with Gasteiger partial charge in [-0.2, -0.15) is 18.3 Å². The molecule has 190 valence electrons. The van der Waals surface area contributed by atoms with E-state index in [0.717, 1.165) is 5.01 Å². The molecule has 34 heavy (non-hydrogen) atoms. The van der Waals surface area contributed by atoms with Gasteiger partial charge in [0.2, 0.25) is 5.91 Å². The number of methoxy groups -OCH3 is 1. The number of halogens is 3. The third kappa shape index (κ3) is 4.41. The number of nitrogens with one attached hydrogen (secondary N) is 1.